The molecule has 0 atom stereocenters. The number of likely N-dealkylation sites (N-methyl/N-ethyl adjacent to an activating group) is 1. The van der Waals surface area contributed by atoms with Crippen LogP contribution in [0.4, 0.5) is 0 Å². The highest BCUT2D eigenvalue weighted by Crippen LogP contribution is 2.29. The van der Waals surface area contributed by atoms with Gasteiger partial charge in [0.05, 0.1) is 6.54 Å². The maximum absolute atomic E-state index is 13.3. The molecule has 0 unspecified atom stereocenters. The van der Waals surface area contributed by atoms with Crippen molar-refractivity contribution in [3.05, 3.63) is 18.5 Å². The number of nitrogens with one attached hydrogen (secondary N) is 2. The Balaban J connectivity index is 0.00000182. The summed E-state index contributed by atoms with van der Waals surface area (Å²) in [7, 11) is 0. The van der Waals surface area contributed by atoms with Crippen LogP contribution in [0.3, 0.4) is 0 Å². The molecule has 10 heteroatoms. The largest absolute Gasteiger partial charge is 0.355 e. The van der Waals surface area contributed by atoms with Crippen molar-refractivity contribution in [2.75, 3.05) is 52.4 Å². The number of nitrogens with zero attached hydrogens (tertiary/aromatic N) is 4. The smallest absolute Gasteiger partial charge is 0.250 e. The van der Waals surface area contributed by atoms with Gasteiger partial charge < -0.3 is 15.5 Å². The molecule has 3 heterocycles. The molecular weight excluding hydrogens is 391 g/mol. The molecule has 0 aromatic carbocycles. The average Bonchev–Trinajstić information content (AvgIpc) is 3.18. The Kier molecular flexibility index (Phi) is 9.52. The van der Waals surface area contributed by atoms with Gasteiger partial charge in [-0.2, -0.15) is 5.10 Å². The van der Waals surface area contributed by atoms with Gasteiger partial charge in [-0.05, 0) is 38.9 Å². The van der Waals surface area contributed by atoms with Crippen LogP contribution in [0.25, 0.3) is 0 Å². The Morgan fingerprint density at radius 1 is 1.15 bits per heavy atom. The summed E-state index contributed by atoms with van der Waals surface area (Å²) in [6.45, 7) is 7.41. The van der Waals surface area contributed by atoms with E-state index < -0.39 is 5.54 Å². The summed E-state index contributed by atoms with van der Waals surface area (Å²) in [6, 6.07) is 1.88. The number of rotatable bonds is 5. The molecule has 2 saturated heterocycles. The molecule has 3 rings (SSSR count). The SMILES string of the molecule is CCNC(=O)CN1CCN(C(=O)C2(n3cccn3)CCNCC2)CC1.Cl.Cl. The number of aromatic nitrogens is 2. The van der Waals surface area contributed by atoms with Crippen LogP contribution in [-0.4, -0.2) is 83.8 Å². The minimum absolute atomic E-state index is 0. The summed E-state index contributed by atoms with van der Waals surface area (Å²) in [5, 5.41) is 10.5. The maximum Gasteiger partial charge on any atom is 0.250 e. The summed E-state index contributed by atoms with van der Waals surface area (Å²) in [4.78, 5) is 29.1. The van der Waals surface area contributed by atoms with E-state index >= 15 is 0 Å². The first-order valence-corrected chi connectivity index (χ1v) is 9.15. The van der Waals surface area contributed by atoms with Gasteiger partial charge in [-0.25, -0.2) is 0 Å². The molecule has 1 aromatic heterocycles. The molecule has 0 spiro atoms. The Labute approximate surface area is 172 Å². The second-order valence-corrected chi connectivity index (χ2v) is 6.75. The van der Waals surface area contributed by atoms with Crippen molar-refractivity contribution in [2.24, 2.45) is 0 Å². The molecule has 27 heavy (non-hydrogen) atoms. The number of amides is 2. The van der Waals surface area contributed by atoms with Crippen LogP contribution < -0.4 is 10.6 Å². The highest BCUT2D eigenvalue weighted by molar-refractivity contribution is 5.86. The topological polar surface area (TPSA) is 82.5 Å². The molecule has 2 N–H and O–H groups in total. The van der Waals surface area contributed by atoms with Gasteiger partial charge in [0.15, 0.2) is 0 Å². The Bertz CT molecular complexity index is 584. The molecular formula is C17H30Cl2N6O2. The zero-order valence-electron chi connectivity index (χ0n) is 15.7. The molecule has 8 nitrogen and oxygen atoms in total. The van der Waals surface area contributed by atoms with E-state index in [0.717, 1.165) is 39.0 Å². The van der Waals surface area contributed by atoms with Gasteiger partial charge in [-0.1, -0.05) is 0 Å². The average molecular weight is 421 g/mol. The predicted molar refractivity (Wildman–Crippen MR) is 109 cm³/mol. The van der Waals surface area contributed by atoms with Crippen molar-refractivity contribution in [1.29, 1.82) is 0 Å². The Morgan fingerprint density at radius 3 is 2.37 bits per heavy atom. The highest BCUT2D eigenvalue weighted by Gasteiger charge is 2.44. The first-order valence-electron chi connectivity index (χ1n) is 9.15. The number of halogens is 2. The van der Waals surface area contributed by atoms with E-state index in [0.29, 0.717) is 26.2 Å². The second-order valence-electron chi connectivity index (χ2n) is 6.75. The van der Waals surface area contributed by atoms with Crippen molar-refractivity contribution in [3.8, 4) is 0 Å². The van der Waals surface area contributed by atoms with Crippen LogP contribution in [0, 0.1) is 0 Å². The lowest BCUT2D eigenvalue weighted by atomic mass is 9.86. The summed E-state index contributed by atoms with van der Waals surface area (Å²) >= 11 is 0. The van der Waals surface area contributed by atoms with Gasteiger partial charge >= 0.3 is 0 Å². The van der Waals surface area contributed by atoms with Crippen molar-refractivity contribution in [1.82, 2.24) is 30.2 Å². The van der Waals surface area contributed by atoms with Crippen LogP contribution in [0.2, 0.25) is 0 Å². The van der Waals surface area contributed by atoms with Gasteiger partial charge in [-0.15, -0.1) is 24.8 Å². The van der Waals surface area contributed by atoms with E-state index in [1.165, 1.54) is 0 Å². The van der Waals surface area contributed by atoms with Gasteiger partial charge in [0, 0.05) is 45.1 Å². The number of piperazine rings is 1. The molecule has 154 valence electrons. The molecule has 0 bridgehead atoms. The van der Waals surface area contributed by atoms with Crippen LogP contribution in [0.5, 0.6) is 0 Å². The van der Waals surface area contributed by atoms with E-state index in [9.17, 15) is 9.59 Å². The van der Waals surface area contributed by atoms with Gasteiger partial charge in [0.2, 0.25) is 5.91 Å². The van der Waals surface area contributed by atoms with Crippen LogP contribution >= 0.6 is 24.8 Å². The summed E-state index contributed by atoms with van der Waals surface area (Å²) in [5.41, 5.74) is -0.573. The fourth-order valence-corrected chi connectivity index (χ4v) is 3.76. The van der Waals surface area contributed by atoms with Gasteiger partial charge in [0.1, 0.15) is 5.54 Å². The van der Waals surface area contributed by atoms with E-state index in [2.05, 4.69) is 20.6 Å². The van der Waals surface area contributed by atoms with Crippen molar-refractivity contribution in [2.45, 2.75) is 25.3 Å². The first-order chi connectivity index (χ1) is 12.2. The number of carbonyl (C=O) groups excluding carboxylic acids is 2. The Morgan fingerprint density at radius 2 is 1.81 bits per heavy atom. The Hall–Kier alpha value is -1.35. The lowest BCUT2D eigenvalue weighted by Crippen LogP contribution is -2.59. The van der Waals surface area contributed by atoms with E-state index in [4.69, 9.17) is 0 Å². The zero-order valence-corrected chi connectivity index (χ0v) is 17.4. The van der Waals surface area contributed by atoms with Gasteiger partial charge in [-0.3, -0.25) is 19.2 Å². The molecule has 0 aliphatic carbocycles. The molecule has 2 fully saturated rings. The minimum Gasteiger partial charge on any atom is -0.355 e. The fraction of sp³-hybridized carbons (Fsp3) is 0.706. The number of hydrogen-bond acceptors (Lipinski definition) is 5. The first kappa shape index (κ1) is 23.7. The number of hydrogen-bond donors (Lipinski definition) is 2. The monoisotopic (exact) mass is 420 g/mol. The number of piperidine rings is 1. The van der Waals surface area contributed by atoms with Crippen molar-refractivity contribution in [3.63, 3.8) is 0 Å². The van der Waals surface area contributed by atoms with Crippen LogP contribution in [0.15, 0.2) is 18.5 Å². The fourth-order valence-electron chi connectivity index (χ4n) is 3.76. The number of carbonyl (C=O) groups is 2. The molecule has 1 aromatic rings. The van der Waals surface area contributed by atoms with Crippen LogP contribution in [-0.2, 0) is 15.1 Å². The van der Waals surface area contributed by atoms with Gasteiger partial charge in [0.25, 0.3) is 5.91 Å². The van der Waals surface area contributed by atoms with Crippen molar-refractivity contribution >= 4 is 36.6 Å². The zero-order chi connectivity index (χ0) is 17.7. The highest BCUT2D eigenvalue weighted by atomic mass is 35.5. The summed E-state index contributed by atoms with van der Waals surface area (Å²) < 4.78 is 1.84. The molecule has 0 radical (unpaired) electrons. The van der Waals surface area contributed by atoms with Crippen molar-refractivity contribution < 1.29 is 9.59 Å². The molecule has 2 aliphatic heterocycles. The third kappa shape index (κ3) is 5.34. The minimum atomic E-state index is -0.573. The third-order valence-corrected chi connectivity index (χ3v) is 5.17. The maximum atomic E-state index is 13.3. The van der Waals surface area contributed by atoms with Crippen LogP contribution in [0.1, 0.15) is 19.8 Å². The molecule has 0 saturated carbocycles. The summed E-state index contributed by atoms with van der Waals surface area (Å²) in [6.07, 6.45) is 5.15. The predicted octanol–water partition coefficient (Wildman–Crippen LogP) is 0.0857. The lowest BCUT2D eigenvalue weighted by molar-refractivity contribution is -0.145. The van der Waals surface area contributed by atoms with E-state index in [-0.39, 0.29) is 36.6 Å². The quantitative estimate of drug-likeness (QED) is 0.704. The van der Waals surface area contributed by atoms with E-state index in [1.807, 2.05) is 28.8 Å². The third-order valence-electron chi connectivity index (χ3n) is 5.17. The molecule has 2 amide bonds. The normalized spacial score (nSPS) is 19.5. The summed E-state index contributed by atoms with van der Waals surface area (Å²) in [5.74, 6) is 0.212. The second kappa shape index (κ2) is 10.8. The van der Waals surface area contributed by atoms with E-state index in [1.54, 1.807) is 6.20 Å². The standard InChI is InChI=1S/C17H28N6O2.2ClH/c1-2-19-15(24)14-21-10-12-22(13-11-21)16(25)17(4-7-18-8-5-17)23-9-3-6-20-23;;/h3,6,9,18H,2,4-5,7-8,10-14H2,1H3,(H,19,24);2*1H. The molecule has 2 aliphatic rings. The lowest BCUT2D eigenvalue weighted by Gasteiger charge is -2.43.